The maximum atomic E-state index is 5.69. The number of hydrogen-bond acceptors (Lipinski definition) is 6. The molecule has 1 unspecified atom stereocenters. The summed E-state index contributed by atoms with van der Waals surface area (Å²) in [4.78, 5) is 16.2. The van der Waals surface area contributed by atoms with Gasteiger partial charge in [0.05, 0.1) is 19.8 Å². The van der Waals surface area contributed by atoms with Gasteiger partial charge >= 0.3 is 0 Å². The number of pyridine rings is 1. The van der Waals surface area contributed by atoms with Gasteiger partial charge in [-0.05, 0) is 25.1 Å². The summed E-state index contributed by atoms with van der Waals surface area (Å²) in [5.74, 6) is 2.57. The summed E-state index contributed by atoms with van der Waals surface area (Å²) in [6.45, 7) is 9.09. The zero-order valence-electron chi connectivity index (χ0n) is 18.1. The first-order chi connectivity index (χ1) is 14.2. The molecule has 3 heterocycles. The van der Waals surface area contributed by atoms with E-state index in [1.54, 1.807) is 7.11 Å². The largest absolute Gasteiger partial charge is 0.382 e. The molecule has 0 spiro atoms. The van der Waals surface area contributed by atoms with Crippen LogP contribution >= 0.6 is 0 Å². The highest BCUT2D eigenvalue weighted by Gasteiger charge is 2.25. The zero-order chi connectivity index (χ0) is 20.5. The average molecular weight is 405 g/mol. The molecule has 2 aliphatic heterocycles. The Morgan fingerprint density at radius 2 is 2.03 bits per heavy atom. The van der Waals surface area contributed by atoms with E-state index in [4.69, 9.17) is 9.47 Å². The first-order valence-corrected chi connectivity index (χ1v) is 10.6. The third-order valence-corrected chi connectivity index (χ3v) is 5.67. The van der Waals surface area contributed by atoms with Gasteiger partial charge in [-0.1, -0.05) is 6.07 Å². The number of methoxy groups -OCH3 is 1. The molecule has 0 aliphatic carbocycles. The minimum absolute atomic E-state index is 0.551. The molecule has 1 aromatic rings. The van der Waals surface area contributed by atoms with E-state index in [2.05, 4.69) is 49.2 Å². The van der Waals surface area contributed by atoms with E-state index in [1.807, 2.05) is 13.2 Å². The van der Waals surface area contributed by atoms with Crippen LogP contribution in [-0.4, -0.2) is 101 Å². The number of aliphatic imine (C=N–C) groups is 1. The quantitative estimate of drug-likeness (QED) is 0.392. The van der Waals surface area contributed by atoms with Gasteiger partial charge in [0.25, 0.3) is 0 Å². The summed E-state index contributed by atoms with van der Waals surface area (Å²) in [5.41, 5.74) is 1.17. The molecule has 1 aromatic heterocycles. The summed E-state index contributed by atoms with van der Waals surface area (Å²) in [5, 5.41) is 3.48. The minimum Gasteiger partial charge on any atom is -0.382 e. The fraction of sp³-hybridized carbons (Fsp3) is 0.714. The summed E-state index contributed by atoms with van der Waals surface area (Å²) < 4.78 is 10.7. The molecule has 0 radical (unpaired) electrons. The number of likely N-dealkylation sites (N-methyl/N-ethyl adjacent to an activating group) is 1. The number of anilines is 1. The molecule has 8 heteroatoms. The molecule has 1 atom stereocenters. The van der Waals surface area contributed by atoms with Gasteiger partial charge in [0.1, 0.15) is 5.82 Å². The third kappa shape index (κ3) is 6.55. The molecule has 0 aromatic carbocycles. The van der Waals surface area contributed by atoms with Crippen LogP contribution in [0.25, 0.3) is 0 Å². The molecular formula is C21H36N6O2. The van der Waals surface area contributed by atoms with Crippen LogP contribution in [-0.2, 0) is 16.0 Å². The van der Waals surface area contributed by atoms with Crippen molar-refractivity contribution < 1.29 is 9.47 Å². The fourth-order valence-electron chi connectivity index (χ4n) is 3.81. The van der Waals surface area contributed by atoms with Crippen LogP contribution in [0.1, 0.15) is 12.0 Å². The number of ether oxygens (including phenoxy) is 2. The maximum absolute atomic E-state index is 5.69. The van der Waals surface area contributed by atoms with Crippen LogP contribution in [0.5, 0.6) is 0 Å². The van der Waals surface area contributed by atoms with Crippen LogP contribution < -0.4 is 10.2 Å². The van der Waals surface area contributed by atoms with Gasteiger partial charge in [-0.2, -0.15) is 0 Å². The second-order valence-electron chi connectivity index (χ2n) is 7.88. The predicted octanol–water partition coefficient (Wildman–Crippen LogP) is 0.894. The van der Waals surface area contributed by atoms with Crippen LogP contribution in [0.4, 0.5) is 5.82 Å². The van der Waals surface area contributed by atoms with Crippen molar-refractivity contribution in [1.82, 2.24) is 20.1 Å². The number of nitrogens with one attached hydrogen (secondary N) is 1. The van der Waals surface area contributed by atoms with Gasteiger partial charge in [0.2, 0.25) is 0 Å². The summed E-state index contributed by atoms with van der Waals surface area (Å²) in [6.07, 6.45) is 3.11. The van der Waals surface area contributed by atoms with E-state index in [0.717, 1.165) is 70.6 Å². The highest BCUT2D eigenvalue weighted by atomic mass is 16.5. The average Bonchev–Trinajstić information content (AvgIpc) is 3.21. The lowest BCUT2D eigenvalue weighted by Gasteiger charge is -2.33. The second-order valence-corrected chi connectivity index (χ2v) is 7.88. The van der Waals surface area contributed by atoms with Gasteiger partial charge in [-0.25, -0.2) is 4.98 Å². The number of piperazine rings is 1. The first-order valence-electron chi connectivity index (χ1n) is 10.6. The Bertz CT molecular complexity index is 631. The SMILES string of the molecule is CN=C(NCc1ccc(N2CCN(C)CC2)nc1)N1CCC(COCCOC)C1. The first kappa shape index (κ1) is 21.8. The van der Waals surface area contributed by atoms with Crippen molar-refractivity contribution in [2.75, 3.05) is 85.2 Å². The van der Waals surface area contributed by atoms with E-state index in [1.165, 1.54) is 5.56 Å². The van der Waals surface area contributed by atoms with Gasteiger partial charge in [0.15, 0.2) is 5.96 Å². The lowest BCUT2D eigenvalue weighted by atomic mass is 10.1. The Kier molecular flexibility index (Phi) is 8.52. The zero-order valence-corrected chi connectivity index (χ0v) is 18.1. The van der Waals surface area contributed by atoms with E-state index >= 15 is 0 Å². The van der Waals surface area contributed by atoms with Crippen molar-refractivity contribution in [3.05, 3.63) is 23.9 Å². The summed E-state index contributed by atoms with van der Waals surface area (Å²) in [7, 11) is 5.72. The van der Waals surface area contributed by atoms with Crippen LogP contribution in [0, 0.1) is 5.92 Å². The highest BCUT2D eigenvalue weighted by molar-refractivity contribution is 5.80. The molecule has 0 amide bonds. The van der Waals surface area contributed by atoms with Crippen LogP contribution in [0.3, 0.4) is 0 Å². The number of hydrogen-bond donors (Lipinski definition) is 1. The van der Waals surface area contributed by atoms with E-state index < -0.39 is 0 Å². The van der Waals surface area contributed by atoms with Crippen LogP contribution in [0.15, 0.2) is 23.3 Å². The maximum Gasteiger partial charge on any atom is 0.193 e. The Morgan fingerprint density at radius 3 is 2.72 bits per heavy atom. The molecule has 2 aliphatic rings. The lowest BCUT2D eigenvalue weighted by molar-refractivity contribution is 0.0536. The van der Waals surface area contributed by atoms with Gasteiger partial charge in [-0.3, -0.25) is 4.99 Å². The number of likely N-dealkylation sites (tertiary alicyclic amines) is 1. The lowest BCUT2D eigenvalue weighted by Crippen LogP contribution is -2.44. The predicted molar refractivity (Wildman–Crippen MR) is 117 cm³/mol. The molecule has 2 fully saturated rings. The van der Waals surface area contributed by atoms with Crippen LogP contribution in [0.2, 0.25) is 0 Å². The normalized spacial score (nSPS) is 21.1. The van der Waals surface area contributed by atoms with E-state index in [0.29, 0.717) is 19.1 Å². The van der Waals surface area contributed by atoms with Crippen molar-refractivity contribution in [3.63, 3.8) is 0 Å². The Labute approximate surface area is 174 Å². The number of rotatable bonds is 8. The minimum atomic E-state index is 0.551. The summed E-state index contributed by atoms with van der Waals surface area (Å²) >= 11 is 0. The third-order valence-electron chi connectivity index (χ3n) is 5.67. The molecule has 3 rings (SSSR count). The number of guanidine groups is 1. The second kappa shape index (κ2) is 11.3. The molecule has 8 nitrogen and oxygen atoms in total. The molecule has 1 N–H and O–H groups in total. The topological polar surface area (TPSA) is 65.5 Å². The molecule has 0 bridgehead atoms. The Morgan fingerprint density at radius 1 is 1.21 bits per heavy atom. The molecule has 2 saturated heterocycles. The van der Waals surface area contributed by atoms with Gasteiger partial charge in [0, 0.05) is 72.1 Å². The molecular weight excluding hydrogens is 368 g/mol. The van der Waals surface area contributed by atoms with Crippen molar-refractivity contribution in [2.24, 2.45) is 10.9 Å². The van der Waals surface area contributed by atoms with Gasteiger partial charge < -0.3 is 29.5 Å². The molecule has 29 heavy (non-hydrogen) atoms. The highest BCUT2D eigenvalue weighted by Crippen LogP contribution is 2.17. The Hall–Kier alpha value is -1.90. The monoisotopic (exact) mass is 404 g/mol. The fourth-order valence-corrected chi connectivity index (χ4v) is 3.81. The standard InChI is InChI=1S/C21H36N6O2/c1-22-21(27-7-6-19(16-27)17-29-13-12-28-3)24-15-18-4-5-20(23-14-18)26-10-8-25(2)9-11-26/h4-5,14,19H,6-13,15-17H2,1-3H3,(H,22,24). The van der Waals surface area contributed by atoms with E-state index in [9.17, 15) is 0 Å². The molecule has 162 valence electrons. The van der Waals surface area contributed by atoms with Crippen molar-refractivity contribution >= 4 is 11.8 Å². The molecule has 0 saturated carbocycles. The van der Waals surface area contributed by atoms with Gasteiger partial charge in [-0.15, -0.1) is 0 Å². The summed E-state index contributed by atoms with van der Waals surface area (Å²) in [6, 6.07) is 4.30. The Balaban J connectivity index is 1.42. The smallest absolute Gasteiger partial charge is 0.193 e. The van der Waals surface area contributed by atoms with Crippen molar-refractivity contribution in [1.29, 1.82) is 0 Å². The van der Waals surface area contributed by atoms with Crippen molar-refractivity contribution in [2.45, 2.75) is 13.0 Å². The van der Waals surface area contributed by atoms with Crippen molar-refractivity contribution in [3.8, 4) is 0 Å². The van der Waals surface area contributed by atoms with E-state index in [-0.39, 0.29) is 0 Å². The number of aromatic nitrogens is 1. The number of nitrogens with zero attached hydrogens (tertiary/aromatic N) is 5.